The molecule has 0 aliphatic carbocycles. The Hall–Kier alpha value is -0.0700. The lowest BCUT2D eigenvalue weighted by Gasteiger charge is -2.08. The number of rotatable bonds is 2. The summed E-state index contributed by atoms with van der Waals surface area (Å²) in [4.78, 5) is 3.73. The molecule has 0 radical (unpaired) electrons. The molecule has 72 valence electrons. The molecule has 0 saturated heterocycles. The number of alkyl halides is 2. The lowest BCUT2D eigenvalue weighted by Crippen LogP contribution is -2.00. The minimum absolute atomic E-state index is 0.0174. The molecule has 0 fully saturated rings. The Morgan fingerprint density at radius 3 is 2.54 bits per heavy atom. The molecule has 0 bridgehead atoms. The van der Waals surface area contributed by atoms with Gasteiger partial charge in [0.05, 0.1) is 17.9 Å². The Morgan fingerprint density at radius 2 is 2.08 bits per heavy atom. The first kappa shape index (κ1) is 11.0. The summed E-state index contributed by atoms with van der Waals surface area (Å²) < 4.78 is 25.5. The number of hydrogen-bond donors (Lipinski definition) is 1. The van der Waals surface area contributed by atoms with Crippen molar-refractivity contribution in [3.05, 3.63) is 26.4 Å². The fourth-order valence-electron chi connectivity index (χ4n) is 0.892. The number of aromatic nitrogens is 1. The van der Waals surface area contributed by atoms with Gasteiger partial charge in [0.1, 0.15) is 4.60 Å². The Balaban J connectivity index is 3.30. The molecule has 0 atom stereocenters. The molecular formula is C7H5Br2F2NO. The van der Waals surface area contributed by atoms with Crippen LogP contribution in [0.1, 0.15) is 17.7 Å². The number of aliphatic hydroxyl groups excluding tert-OH is 1. The lowest BCUT2D eigenvalue weighted by molar-refractivity contribution is 0.145. The first-order valence-corrected chi connectivity index (χ1v) is 4.88. The molecule has 0 saturated carbocycles. The number of aliphatic hydroxyl groups is 1. The first-order valence-electron chi connectivity index (χ1n) is 3.30. The van der Waals surface area contributed by atoms with Gasteiger partial charge in [-0.1, -0.05) is 15.9 Å². The summed E-state index contributed by atoms with van der Waals surface area (Å²) >= 11 is 6.02. The van der Waals surface area contributed by atoms with E-state index in [1.165, 1.54) is 6.07 Å². The van der Waals surface area contributed by atoms with E-state index in [-0.39, 0.29) is 15.7 Å². The van der Waals surface area contributed by atoms with E-state index in [0.717, 1.165) is 0 Å². The number of halogens is 4. The van der Waals surface area contributed by atoms with Crippen molar-refractivity contribution in [3.8, 4) is 0 Å². The van der Waals surface area contributed by atoms with Gasteiger partial charge in [0.2, 0.25) is 0 Å². The van der Waals surface area contributed by atoms with Gasteiger partial charge in [0.25, 0.3) is 6.43 Å². The molecule has 0 amide bonds. The van der Waals surface area contributed by atoms with E-state index < -0.39 is 13.0 Å². The Morgan fingerprint density at radius 1 is 1.46 bits per heavy atom. The molecule has 1 heterocycles. The van der Waals surface area contributed by atoms with Gasteiger partial charge in [-0.15, -0.1) is 0 Å². The minimum Gasteiger partial charge on any atom is -0.390 e. The van der Waals surface area contributed by atoms with E-state index in [0.29, 0.717) is 4.60 Å². The second-order valence-corrected chi connectivity index (χ2v) is 3.91. The van der Waals surface area contributed by atoms with Crippen molar-refractivity contribution in [2.45, 2.75) is 13.0 Å². The minimum atomic E-state index is -2.64. The Bertz CT molecular complexity index is 320. The van der Waals surface area contributed by atoms with Crippen molar-refractivity contribution in [1.82, 2.24) is 4.98 Å². The summed E-state index contributed by atoms with van der Waals surface area (Å²) in [7, 11) is 0. The van der Waals surface area contributed by atoms with E-state index in [1.807, 2.05) is 0 Å². The van der Waals surface area contributed by atoms with Crippen LogP contribution in [0.5, 0.6) is 0 Å². The number of hydrogen-bond acceptors (Lipinski definition) is 2. The summed E-state index contributed by atoms with van der Waals surface area (Å²) in [6, 6.07) is 1.42. The van der Waals surface area contributed by atoms with Crippen LogP contribution < -0.4 is 0 Å². The predicted molar refractivity (Wildman–Crippen MR) is 50.5 cm³/mol. The molecule has 13 heavy (non-hydrogen) atoms. The average Bonchev–Trinajstić information content (AvgIpc) is 2.01. The number of nitrogens with zero attached hydrogens (tertiary/aromatic N) is 1. The molecule has 0 unspecified atom stereocenters. The van der Waals surface area contributed by atoms with Gasteiger partial charge in [-0.05, 0) is 22.0 Å². The van der Waals surface area contributed by atoms with Crippen LogP contribution in [-0.2, 0) is 6.61 Å². The van der Waals surface area contributed by atoms with Crippen LogP contribution in [0.4, 0.5) is 8.78 Å². The molecule has 6 heteroatoms. The highest BCUT2D eigenvalue weighted by atomic mass is 79.9. The third-order valence-electron chi connectivity index (χ3n) is 1.42. The van der Waals surface area contributed by atoms with Gasteiger partial charge >= 0.3 is 0 Å². The topological polar surface area (TPSA) is 33.1 Å². The standard InChI is InChI=1S/C7H5Br2F2NO/c8-3-1-5(9)12-4(2-13)6(3)7(10)11/h1,7,13H,2H2. The third-order valence-corrected chi connectivity index (χ3v) is 2.49. The van der Waals surface area contributed by atoms with E-state index >= 15 is 0 Å². The fraction of sp³-hybridized carbons (Fsp3) is 0.286. The van der Waals surface area contributed by atoms with Crippen LogP contribution in [-0.4, -0.2) is 10.1 Å². The van der Waals surface area contributed by atoms with Crippen LogP contribution >= 0.6 is 31.9 Å². The van der Waals surface area contributed by atoms with E-state index in [1.54, 1.807) is 0 Å². The predicted octanol–water partition coefficient (Wildman–Crippen LogP) is 3.04. The zero-order valence-electron chi connectivity index (χ0n) is 6.27. The highest BCUT2D eigenvalue weighted by Gasteiger charge is 2.18. The van der Waals surface area contributed by atoms with E-state index in [4.69, 9.17) is 5.11 Å². The van der Waals surface area contributed by atoms with E-state index in [2.05, 4.69) is 36.8 Å². The Kier molecular flexibility index (Phi) is 3.75. The Labute approximate surface area is 90.2 Å². The van der Waals surface area contributed by atoms with Gasteiger partial charge < -0.3 is 5.11 Å². The van der Waals surface area contributed by atoms with Gasteiger partial charge in [-0.3, -0.25) is 0 Å². The van der Waals surface area contributed by atoms with Crippen molar-refractivity contribution >= 4 is 31.9 Å². The quantitative estimate of drug-likeness (QED) is 0.851. The van der Waals surface area contributed by atoms with Gasteiger partial charge in [0.15, 0.2) is 0 Å². The van der Waals surface area contributed by atoms with Crippen LogP contribution in [0.25, 0.3) is 0 Å². The van der Waals surface area contributed by atoms with Gasteiger partial charge in [0, 0.05) is 4.47 Å². The first-order chi connectivity index (χ1) is 6.06. The average molecular weight is 317 g/mol. The zero-order chi connectivity index (χ0) is 10.0. The molecule has 2 nitrogen and oxygen atoms in total. The van der Waals surface area contributed by atoms with Crippen LogP contribution in [0.2, 0.25) is 0 Å². The number of pyridine rings is 1. The molecule has 0 aromatic carbocycles. The van der Waals surface area contributed by atoms with Gasteiger partial charge in [-0.25, -0.2) is 13.8 Å². The van der Waals surface area contributed by atoms with E-state index in [9.17, 15) is 8.78 Å². The zero-order valence-corrected chi connectivity index (χ0v) is 9.44. The largest absolute Gasteiger partial charge is 0.390 e. The summed E-state index contributed by atoms with van der Waals surface area (Å²) in [6.45, 7) is -0.502. The lowest BCUT2D eigenvalue weighted by atomic mass is 10.2. The summed E-state index contributed by atoms with van der Waals surface area (Å²) in [6.07, 6.45) is -2.64. The second kappa shape index (κ2) is 4.43. The SMILES string of the molecule is OCc1nc(Br)cc(Br)c1C(F)F. The molecule has 1 aromatic heterocycles. The maximum absolute atomic E-state index is 12.4. The summed E-state index contributed by atoms with van der Waals surface area (Å²) in [5.74, 6) is 0. The van der Waals surface area contributed by atoms with Crippen LogP contribution in [0.15, 0.2) is 15.1 Å². The molecule has 0 spiro atoms. The van der Waals surface area contributed by atoms with Crippen molar-refractivity contribution in [2.75, 3.05) is 0 Å². The normalized spacial score (nSPS) is 10.9. The monoisotopic (exact) mass is 315 g/mol. The van der Waals surface area contributed by atoms with Crippen molar-refractivity contribution < 1.29 is 13.9 Å². The molecule has 0 aliphatic heterocycles. The summed E-state index contributed by atoms with van der Waals surface area (Å²) in [5, 5.41) is 8.78. The molecule has 1 aromatic rings. The second-order valence-electron chi connectivity index (χ2n) is 2.25. The fourth-order valence-corrected chi connectivity index (χ4v) is 2.26. The maximum Gasteiger partial charge on any atom is 0.266 e. The van der Waals surface area contributed by atoms with Crippen molar-refractivity contribution in [1.29, 1.82) is 0 Å². The van der Waals surface area contributed by atoms with Crippen molar-refractivity contribution in [3.63, 3.8) is 0 Å². The smallest absolute Gasteiger partial charge is 0.266 e. The molecule has 0 aliphatic rings. The van der Waals surface area contributed by atoms with Crippen LogP contribution in [0.3, 0.4) is 0 Å². The third kappa shape index (κ3) is 2.45. The highest BCUT2D eigenvalue weighted by Crippen LogP contribution is 2.31. The van der Waals surface area contributed by atoms with Crippen LogP contribution in [0, 0.1) is 0 Å². The molecular weight excluding hydrogens is 312 g/mol. The van der Waals surface area contributed by atoms with Crippen molar-refractivity contribution in [2.24, 2.45) is 0 Å². The molecule has 1 N–H and O–H groups in total. The molecule has 1 rings (SSSR count). The maximum atomic E-state index is 12.4. The highest BCUT2D eigenvalue weighted by molar-refractivity contribution is 9.11. The summed E-state index contributed by atoms with van der Waals surface area (Å²) in [5.41, 5.74) is -0.276. The van der Waals surface area contributed by atoms with Gasteiger partial charge in [-0.2, -0.15) is 0 Å².